The van der Waals surface area contributed by atoms with Crippen LogP contribution in [0, 0.1) is 5.21 Å². The van der Waals surface area contributed by atoms with E-state index >= 15 is 0 Å². The molecule has 94 valence electrons. The standard InChI is InChI=1S/C14H14NO3/c1-2-17-13-9-6-10-14(11-13)18-15(16)12-7-4-3-5-8-12/h3-11H,2H2,1H3/q-1. The molecular weight excluding hydrogens is 230 g/mol. The quantitative estimate of drug-likeness (QED) is 0.756. The highest BCUT2D eigenvalue weighted by atomic mass is 16.9. The van der Waals surface area contributed by atoms with Gasteiger partial charge in [-0.05, 0) is 31.2 Å². The molecule has 0 amide bonds. The van der Waals surface area contributed by atoms with E-state index in [0.29, 0.717) is 29.0 Å². The van der Waals surface area contributed by atoms with Gasteiger partial charge in [-0.2, -0.15) is 0 Å². The Bertz CT molecular complexity index is 487. The third-order valence-electron chi connectivity index (χ3n) is 2.27. The minimum absolute atomic E-state index is 0.444. The van der Waals surface area contributed by atoms with Gasteiger partial charge >= 0.3 is 0 Å². The second-order valence-electron chi connectivity index (χ2n) is 3.59. The maximum Gasteiger partial charge on any atom is 0.157 e. The summed E-state index contributed by atoms with van der Waals surface area (Å²) in [6.45, 7) is 2.47. The van der Waals surface area contributed by atoms with Crippen LogP contribution in [0.1, 0.15) is 6.92 Å². The van der Waals surface area contributed by atoms with Gasteiger partial charge in [-0.15, -0.1) is 0 Å². The molecule has 0 atom stereocenters. The maximum atomic E-state index is 11.7. The van der Waals surface area contributed by atoms with Gasteiger partial charge in [0, 0.05) is 6.07 Å². The molecule has 2 rings (SSSR count). The number of para-hydroxylation sites is 1. The van der Waals surface area contributed by atoms with Crippen molar-refractivity contribution >= 4 is 5.69 Å². The normalized spacial score (nSPS) is 9.89. The number of hydrogen-bond donors (Lipinski definition) is 0. The summed E-state index contributed by atoms with van der Waals surface area (Å²) in [6.07, 6.45) is 0. The zero-order valence-corrected chi connectivity index (χ0v) is 10.1. The number of anilines is 1. The van der Waals surface area contributed by atoms with Crippen molar-refractivity contribution in [2.75, 3.05) is 11.8 Å². The number of rotatable bonds is 5. The molecule has 0 spiro atoms. The summed E-state index contributed by atoms with van der Waals surface area (Å²) in [5.74, 6) is 1.12. The Morgan fingerprint density at radius 2 is 1.72 bits per heavy atom. The largest absolute Gasteiger partial charge is 0.724 e. The highest BCUT2D eigenvalue weighted by Crippen LogP contribution is 2.22. The van der Waals surface area contributed by atoms with E-state index in [2.05, 4.69) is 0 Å². The SMILES string of the molecule is CCOc1cccc(ON([O-])c2ccccc2)c1. The van der Waals surface area contributed by atoms with Crippen LogP contribution in [0.15, 0.2) is 54.6 Å². The van der Waals surface area contributed by atoms with Crippen molar-refractivity contribution in [1.82, 2.24) is 0 Å². The van der Waals surface area contributed by atoms with Crippen LogP contribution in [-0.2, 0) is 0 Å². The third kappa shape index (κ3) is 3.15. The van der Waals surface area contributed by atoms with Gasteiger partial charge in [0.05, 0.1) is 12.3 Å². The average molecular weight is 244 g/mol. The van der Waals surface area contributed by atoms with E-state index in [1.807, 2.05) is 19.1 Å². The molecule has 0 radical (unpaired) electrons. The summed E-state index contributed by atoms with van der Waals surface area (Å²) in [6, 6.07) is 15.7. The van der Waals surface area contributed by atoms with Crippen molar-refractivity contribution < 1.29 is 9.57 Å². The van der Waals surface area contributed by atoms with Gasteiger partial charge in [0.2, 0.25) is 0 Å². The molecule has 0 fully saturated rings. The fourth-order valence-corrected chi connectivity index (χ4v) is 1.49. The first-order chi connectivity index (χ1) is 8.79. The van der Waals surface area contributed by atoms with Crippen LogP contribution >= 0.6 is 0 Å². The predicted molar refractivity (Wildman–Crippen MR) is 70.5 cm³/mol. The van der Waals surface area contributed by atoms with Gasteiger partial charge in [0.15, 0.2) is 5.75 Å². The third-order valence-corrected chi connectivity index (χ3v) is 2.27. The van der Waals surface area contributed by atoms with Crippen molar-refractivity contribution in [3.8, 4) is 11.5 Å². The Balaban J connectivity index is 2.07. The molecule has 18 heavy (non-hydrogen) atoms. The predicted octanol–water partition coefficient (Wildman–Crippen LogP) is 3.38. The van der Waals surface area contributed by atoms with Crippen molar-refractivity contribution in [2.45, 2.75) is 6.92 Å². The number of benzene rings is 2. The second-order valence-corrected chi connectivity index (χ2v) is 3.59. The summed E-state index contributed by atoms with van der Waals surface area (Å²) < 4.78 is 5.33. The first kappa shape index (κ1) is 12.3. The van der Waals surface area contributed by atoms with E-state index in [1.165, 1.54) is 0 Å². The lowest BCUT2D eigenvalue weighted by molar-refractivity contribution is 0.310. The van der Waals surface area contributed by atoms with Crippen molar-refractivity contribution in [3.63, 3.8) is 0 Å². The molecule has 0 N–H and O–H groups in total. The van der Waals surface area contributed by atoms with Crippen molar-refractivity contribution in [3.05, 3.63) is 59.8 Å². The number of hydrogen-bond acceptors (Lipinski definition) is 4. The molecule has 0 unspecified atom stereocenters. The summed E-state index contributed by atoms with van der Waals surface area (Å²) >= 11 is 0. The van der Waals surface area contributed by atoms with Gasteiger partial charge < -0.3 is 14.8 Å². The fourth-order valence-electron chi connectivity index (χ4n) is 1.49. The molecule has 2 aromatic rings. The number of ether oxygens (including phenoxy) is 1. The maximum absolute atomic E-state index is 11.7. The lowest BCUT2D eigenvalue weighted by Crippen LogP contribution is -2.19. The lowest BCUT2D eigenvalue weighted by Gasteiger charge is -2.29. The summed E-state index contributed by atoms with van der Waals surface area (Å²) in [7, 11) is 0. The van der Waals surface area contributed by atoms with Crippen LogP contribution in [0.4, 0.5) is 5.69 Å². The number of nitrogens with zero attached hydrogens (tertiary/aromatic N) is 1. The van der Waals surface area contributed by atoms with Gasteiger partial charge in [0.25, 0.3) is 0 Å². The molecule has 0 bridgehead atoms. The zero-order valence-electron chi connectivity index (χ0n) is 10.1. The van der Waals surface area contributed by atoms with Crippen LogP contribution in [0.3, 0.4) is 0 Å². The van der Waals surface area contributed by atoms with E-state index in [1.54, 1.807) is 42.5 Å². The first-order valence-electron chi connectivity index (χ1n) is 5.72. The molecule has 0 aliphatic heterocycles. The van der Waals surface area contributed by atoms with Crippen LogP contribution in [0.2, 0.25) is 0 Å². The molecule has 0 aliphatic rings. The van der Waals surface area contributed by atoms with E-state index in [9.17, 15) is 5.21 Å². The highest BCUT2D eigenvalue weighted by Gasteiger charge is 2.00. The van der Waals surface area contributed by atoms with E-state index in [4.69, 9.17) is 9.57 Å². The molecule has 2 aromatic carbocycles. The molecule has 0 saturated heterocycles. The van der Waals surface area contributed by atoms with E-state index < -0.39 is 0 Å². The Morgan fingerprint density at radius 1 is 1.00 bits per heavy atom. The van der Waals surface area contributed by atoms with Gasteiger partial charge in [-0.3, -0.25) is 5.23 Å². The average Bonchev–Trinajstić information content (AvgIpc) is 2.40. The monoisotopic (exact) mass is 244 g/mol. The highest BCUT2D eigenvalue weighted by molar-refractivity contribution is 5.45. The Hall–Kier alpha value is -2.20. The van der Waals surface area contributed by atoms with Crippen LogP contribution in [0.5, 0.6) is 11.5 Å². The van der Waals surface area contributed by atoms with Crippen molar-refractivity contribution in [1.29, 1.82) is 0 Å². The Kier molecular flexibility index (Phi) is 4.04. The molecule has 4 nitrogen and oxygen atoms in total. The minimum Gasteiger partial charge on any atom is -0.724 e. The van der Waals surface area contributed by atoms with E-state index in [-0.39, 0.29) is 0 Å². The summed E-state index contributed by atoms with van der Waals surface area (Å²) in [4.78, 5) is 5.19. The Labute approximate surface area is 106 Å². The van der Waals surface area contributed by atoms with Crippen molar-refractivity contribution in [2.24, 2.45) is 0 Å². The fraction of sp³-hybridized carbons (Fsp3) is 0.143. The van der Waals surface area contributed by atoms with Gasteiger partial charge in [-0.25, -0.2) is 0 Å². The lowest BCUT2D eigenvalue weighted by atomic mass is 10.3. The topological polar surface area (TPSA) is 44.8 Å². The molecule has 4 heteroatoms. The molecule has 0 heterocycles. The summed E-state index contributed by atoms with van der Waals surface area (Å²) in [5.41, 5.74) is 0.444. The first-order valence-corrected chi connectivity index (χ1v) is 5.72. The van der Waals surface area contributed by atoms with Gasteiger partial charge in [-0.1, -0.05) is 24.3 Å². The van der Waals surface area contributed by atoms with Gasteiger partial charge in [0.1, 0.15) is 5.75 Å². The molecule has 0 aliphatic carbocycles. The molecule has 0 saturated carbocycles. The van der Waals surface area contributed by atoms with Crippen LogP contribution < -0.4 is 14.8 Å². The smallest absolute Gasteiger partial charge is 0.157 e. The minimum atomic E-state index is 0.444. The summed E-state index contributed by atoms with van der Waals surface area (Å²) in [5, 5.41) is 12.2. The van der Waals surface area contributed by atoms with E-state index in [0.717, 1.165) is 0 Å². The molecular formula is C14H14NO3-. The zero-order chi connectivity index (χ0) is 12.8. The second kappa shape index (κ2) is 5.93. The Morgan fingerprint density at radius 3 is 2.44 bits per heavy atom. The van der Waals surface area contributed by atoms with Crippen LogP contribution in [0.25, 0.3) is 0 Å². The molecule has 0 aromatic heterocycles. The van der Waals surface area contributed by atoms with Crippen LogP contribution in [-0.4, -0.2) is 6.61 Å².